The van der Waals surface area contributed by atoms with Crippen LogP contribution in [0.2, 0.25) is 0 Å². The van der Waals surface area contributed by atoms with E-state index in [2.05, 4.69) is 25.7 Å². The van der Waals surface area contributed by atoms with E-state index in [1.165, 1.54) is 25.3 Å². The molecule has 4 nitrogen and oxygen atoms in total. The summed E-state index contributed by atoms with van der Waals surface area (Å²) in [6, 6.07) is 0. The van der Waals surface area contributed by atoms with Crippen molar-refractivity contribution < 1.29 is 18.7 Å². The highest BCUT2D eigenvalue weighted by molar-refractivity contribution is 5.80. The number of amides is 1. The Balaban J connectivity index is 1.50. The Bertz CT molecular complexity index is 749. The molecular formula is C26H40F2N2O2. The van der Waals surface area contributed by atoms with Crippen molar-refractivity contribution in [2.75, 3.05) is 32.7 Å². The number of halogens is 2. The zero-order chi connectivity index (χ0) is 23.0. The van der Waals surface area contributed by atoms with Crippen LogP contribution in [-0.4, -0.2) is 59.1 Å². The molecule has 1 unspecified atom stereocenters. The molecule has 0 aromatic carbocycles. The monoisotopic (exact) mass is 450 g/mol. The minimum Gasteiger partial charge on any atom is -0.389 e. The van der Waals surface area contributed by atoms with Gasteiger partial charge in [0.2, 0.25) is 5.91 Å². The van der Waals surface area contributed by atoms with Crippen molar-refractivity contribution >= 4 is 5.91 Å². The summed E-state index contributed by atoms with van der Waals surface area (Å²) in [5.74, 6) is -1.38. The summed E-state index contributed by atoms with van der Waals surface area (Å²) >= 11 is 0. The fraction of sp³-hybridized carbons (Fsp3) is 0.808. The van der Waals surface area contributed by atoms with Crippen molar-refractivity contribution in [3.63, 3.8) is 0 Å². The maximum atomic E-state index is 14.7. The first-order valence-corrected chi connectivity index (χ1v) is 12.7. The molecule has 3 fully saturated rings. The number of hydrogen-bond donors (Lipinski definition) is 1. The van der Waals surface area contributed by atoms with Gasteiger partial charge < -0.3 is 14.9 Å². The molecule has 4 aliphatic rings. The summed E-state index contributed by atoms with van der Waals surface area (Å²) < 4.78 is 28.2. The topological polar surface area (TPSA) is 43.8 Å². The standard InChI is InChI=1S/C26H40F2N2O2/c1-4-29-15-22(21-11-10-20(27)12-24(21)28)23(16-29)25(31)30-13-17(2)26(32,18(3)14-30)19-8-6-5-7-9-19/h10,12,17-19,21-23,32H,4-9,11,13-16H2,1-3H3/t17-,18+,21?,22-,23+,26-/m0/s1. The van der Waals surface area contributed by atoms with Gasteiger partial charge in [0.05, 0.1) is 11.5 Å². The predicted molar refractivity (Wildman–Crippen MR) is 122 cm³/mol. The van der Waals surface area contributed by atoms with Crippen LogP contribution >= 0.6 is 0 Å². The fourth-order valence-electron chi connectivity index (χ4n) is 7.17. The number of aliphatic hydroxyl groups is 1. The second kappa shape index (κ2) is 9.54. The minimum atomic E-state index is -0.720. The molecule has 0 radical (unpaired) electrons. The Morgan fingerprint density at radius 2 is 1.75 bits per heavy atom. The largest absolute Gasteiger partial charge is 0.389 e. The third kappa shape index (κ3) is 4.29. The van der Waals surface area contributed by atoms with E-state index in [0.29, 0.717) is 38.5 Å². The lowest BCUT2D eigenvalue weighted by Gasteiger charge is -2.53. The minimum absolute atomic E-state index is 0.0174. The Morgan fingerprint density at radius 1 is 1.09 bits per heavy atom. The van der Waals surface area contributed by atoms with Crippen molar-refractivity contribution in [3.05, 3.63) is 23.8 Å². The van der Waals surface area contributed by atoms with E-state index in [0.717, 1.165) is 25.5 Å². The molecule has 2 aliphatic heterocycles. The van der Waals surface area contributed by atoms with Gasteiger partial charge in [-0.25, -0.2) is 8.78 Å². The highest BCUT2D eigenvalue weighted by Crippen LogP contribution is 2.46. The molecule has 6 atom stereocenters. The average Bonchev–Trinajstić information content (AvgIpc) is 3.21. The number of rotatable bonds is 4. The molecule has 1 amide bonds. The number of hydrogen-bond acceptors (Lipinski definition) is 3. The van der Waals surface area contributed by atoms with Crippen LogP contribution in [0.4, 0.5) is 8.78 Å². The molecule has 4 rings (SSSR count). The first-order valence-electron chi connectivity index (χ1n) is 12.7. The van der Waals surface area contributed by atoms with Gasteiger partial charge in [-0.2, -0.15) is 0 Å². The van der Waals surface area contributed by atoms with Gasteiger partial charge in [0.15, 0.2) is 0 Å². The van der Waals surface area contributed by atoms with Crippen LogP contribution < -0.4 is 0 Å². The molecule has 2 saturated heterocycles. The molecule has 1 N–H and O–H groups in total. The van der Waals surface area contributed by atoms with Gasteiger partial charge in [-0.3, -0.25) is 4.79 Å². The summed E-state index contributed by atoms with van der Waals surface area (Å²) in [5.41, 5.74) is -0.720. The molecule has 6 heteroatoms. The van der Waals surface area contributed by atoms with Gasteiger partial charge >= 0.3 is 0 Å². The van der Waals surface area contributed by atoms with Gasteiger partial charge in [-0.15, -0.1) is 0 Å². The van der Waals surface area contributed by atoms with Gasteiger partial charge in [0.25, 0.3) is 0 Å². The van der Waals surface area contributed by atoms with Gasteiger partial charge in [0, 0.05) is 50.0 Å². The third-order valence-electron chi connectivity index (χ3n) is 9.06. The van der Waals surface area contributed by atoms with Gasteiger partial charge in [-0.1, -0.05) is 40.0 Å². The SMILES string of the molecule is CCN1C[C@@H](C(=O)N2C[C@@H](C)[C@](O)(C3CCCCC3)[C@@H](C)C2)[C@H](C2CC=C(F)C=C2F)C1. The van der Waals surface area contributed by atoms with Gasteiger partial charge in [0.1, 0.15) is 11.7 Å². The smallest absolute Gasteiger partial charge is 0.227 e. The van der Waals surface area contributed by atoms with Crippen LogP contribution in [0, 0.1) is 35.5 Å². The van der Waals surface area contributed by atoms with Crippen molar-refractivity contribution in [2.45, 2.75) is 64.9 Å². The lowest BCUT2D eigenvalue weighted by Crippen LogP contribution is -2.62. The molecule has 0 spiro atoms. The zero-order valence-electron chi connectivity index (χ0n) is 19.9. The second-order valence-corrected chi connectivity index (χ2v) is 10.9. The van der Waals surface area contributed by atoms with E-state index in [-0.39, 0.29) is 29.6 Å². The Kier molecular flexibility index (Phi) is 7.11. The van der Waals surface area contributed by atoms with Crippen LogP contribution in [0.1, 0.15) is 59.3 Å². The maximum Gasteiger partial charge on any atom is 0.227 e. The predicted octanol–water partition coefficient (Wildman–Crippen LogP) is 4.71. The highest BCUT2D eigenvalue weighted by Gasteiger charge is 2.52. The third-order valence-corrected chi connectivity index (χ3v) is 9.06. The van der Waals surface area contributed by atoms with Crippen LogP contribution in [0.25, 0.3) is 0 Å². The number of piperidine rings is 1. The molecule has 0 bridgehead atoms. The van der Waals surface area contributed by atoms with E-state index in [4.69, 9.17) is 0 Å². The molecule has 2 heterocycles. The molecule has 32 heavy (non-hydrogen) atoms. The van der Waals surface area contributed by atoms with E-state index < -0.39 is 23.2 Å². The van der Waals surface area contributed by atoms with Crippen LogP contribution in [0.15, 0.2) is 23.8 Å². The molecule has 0 aromatic heterocycles. The Labute approximate surface area is 191 Å². The summed E-state index contributed by atoms with van der Waals surface area (Å²) in [7, 11) is 0. The van der Waals surface area contributed by atoms with Crippen LogP contribution in [0.5, 0.6) is 0 Å². The fourth-order valence-corrected chi connectivity index (χ4v) is 7.17. The molecular weight excluding hydrogens is 410 g/mol. The van der Waals surface area contributed by atoms with Crippen molar-refractivity contribution in [1.29, 1.82) is 0 Å². The summed E-state index contributed by atoms with van der Waals surface area (Å²) in [6.45, 7) is 9.47. The van der Waals surface area contributed by atoms with E-state index >= 15 is 0 Å². The molecule has 180 valence electrons. The molecule has 1 saturated carbocycles. The quantitative estimate of drug-likeness (QED) is 0.675. The zero-order valence-corrected chi connectivity index (χ0v) is 19.9. The Hall–Kier alpha value is -1.27. The lowest BCUT2D eigenvalue weighted by atomic mass is 9.63. The highest BCUT2D eigenvalue weighted by atomic mass is 19.1. The van der Waals surface area contributed by atoms with Gasteiger partial charge in [-0.05, 0) is 43.7 Å². The average molecular weight is 451 g/mol. The Morgan fingerprint density at radius 3 is 2.34 bits per heavy atom. The lowest BCUT2D eigenvalue weighted by molar-refractivity contribution is -0.167. The maximum absolute atomic E-state index is 14.7. The second-order valence-electron chi connectivity index (χ2n) is 10.9. The van der Waals surface area contributed by atoms with E-state index in [1.807, 2.05) is 4.90 Å². The summed E-state index contributed by atoms with van der Waals surface area (Å²) in [6.07, 6.45) is 8.51. The van der Waals surface area contributed by atoms with Crippen LogP contribution in [0.3, 0.4) is 0 Å². The number of nitrogens with zero attached hydrogens (tertiary/aromatic N) is 2. The van der Waals surface area contributed by atoms with E-state index in [1.54, 1.807) is 0 Å². The van der Waals surface area contributed by atoms with Crippen molar-refractivity contribution in [2.24, 2.45) is 35.5 Å². The van der Waals surface area contributed by atoms with Crippen LogP contribution in [-0.2, 0) is 4.79 Å². The first kappa shape index (κ1) is 23.9. The molecule has 2 aliphatic carbocycles. The number of allylic oxidation sites excluding steroid dienone is 4. The van der Waals surface area contributed by atoms with Crippen molar-refractivity contribution in [1.82, 2.24) is 9.80 Å². The van der Waals surface area contributed by atoms with Crippen molar-refractivity contribution in [3.8, 4) is 0 Å². The normalized spacial score (nSPS) is 39.7. The number of carbonyl (C=O) groups excluding carboxylic acids is 1. The number of likely N-dealkylation sites (tertiary alicyclic amines) is 2. The summed E-state index contributed by atoms with van der Waals surface area (Å²) in [5, 5.41) is 11.7. The number of carbonyl (C=O) groups is 1. The summed E-state index contributed by atoms with van der Waals surface area (Å²) in [4.78, 5) is 17.9. The first-order chi connectivity index (χ1) is 15.3. The van der Waals surface area contributed by atoms with E-state index in [9.17, 15) is 18.7 Å². The molecule has 0 aromatic rings.